The van der Waals surface area contributed by atoms with Crippen molar-refractivity contribution in [1.82, 2.24) is 20.9 Å². The Morgan fingerprint density at radius 2 is 1.89 bits per heavy atom. The molecule has 0 amide bonds. The molecule has 1 aliphatic carbocycles. The first-order valence-electron chi connectivity index (χ1n) is 12.0. The average Bonchev–Trinajstić information content (AvgIpc) is 3.18. The number of nitrogens with zero attached hydrogens (tertiary/aromatic N) is 1. The van der Waals surface area contributed by atoms with Crippen LogP contribution < -0.4 is 16.0 Å². The molecule has 0 spiro atoms. The molecule has 4 saturated heterocycles. The van der Waals surface area contributed by atoms with Crippen LogP contribution in [0.15, 0.2) is 0 Å². The van der Waals surface area contributed by atoms with Gasteiger partial charge in [-0.2, -0.15) is 0 Å². The first-order valence-corrected chi connectivity index (χ1v) is 12.0. The van der Waals surface area contributed by atoms with Crippen LogP contribution in [0.4, 0.5) is 4.39 Å². The van der Waals surface area contributed by atoms with Gasteiger partial charge in [-0.3, -0.25) is 10.2 Å². The van der Waals surface area contributed by atoms with Gasteiger partial charge in [-0.15, -0.1) is 0 Å². The highest BCUT2D eigenvalue weighted by atomic mass is 19.1. The van der Waals surface area contributed by atoms with Crippen molar-refractivity contribution in [2.45, 2.75) is 113 Å². The molecule has 4 aliphatic heterocycles. The van der Waals surface area contributed by atoms with Crippen LogP contribution in [-0.4, -0.2) is 73.2 Å². The van der Waals surface area contributed by atoms with E-state index in [-0.39, 0.29) is 6.10 Å². The number of hydrogen-bond acceptors (Lipinski definition) is 5. The second kappa shape index (κ2) is 8.46. The lowest BCUT2D eigenvalue weighted by Crippen LogP contribution is -2.70. The van der Waals surface area contributed by atoms with Gasteiger partial charge in [0.25, 0.3) is 0 Å². The minimum absolute atomic E-state index is 0.242. The molecular formula is C22H39FN4O. The summed E-state index contributed by atoms with van der Waals surface area (Å²) in [6.45, 7) is 5.37. The highest BCUT2D eigenvalue weighted by molar-refractivity contribution is 5.04. The summed E-state index contributed by atoms with van der Waals surface area (Å²) in [4.78, 5) is 2.71. The van der Waals surface area contributed by atoms with Gasteiger partial charge < -0.3 is 15.4 Å². The van der Waals surface area contributed by atoms with Crippen LogP contribution in [0.5, 0.6) is 0 Å². The third-order valence-electron chi connectivity index (χ3n) is 8.25. The second-order valence-electron chi connectivity index (χ2n) is 10.0. The lowest BCUT2D eigenvalue weighted by atomic mass is 9.79. The molecule has 1 saturated carbocycles. The lowest BCUT2D eigenvalue weighted by molar-refractivity contribution is -0.0631. The molecule has 5 nitrogen and oxygen atoms in total. The van der Waals surface area contributed by atoms with Crippen molar-refractivity contribution >= 4 is 0 Å². The predicted octanol–water partition coefficient (Wildman–Crippen LogP) is 2.16. The number of ether oxygens (including phenoxy) is 1. The molecule has 2 bridgehead atoms. The van der Waals surface area contributed by atoms with Gasteiger partial charge >= 0.3 is 0 Å². The molecule has 3 N–H and O–H groups in total. The minimum atomic E-state index is -0.640. The zero-order chi connectivity index (χ0) is 19.1. The number of fused-ring (bicyclic) bond motifs is 5. The fourth-order valence-corrected chi connectivity index (χ4v) is 6.86. The molecule has 6 heteroatoms. The maximum absolute atomic E-state index is 14.4. The van der Waals surface area contributed by atoms with Gasteiger partial charge in [0.1, 0.15) is 6.17 Å². The van der Waals surface area contributed by atoms with E-state index in [0.717, 1.165) is 32.5 Å². The summed E-state index contributed by atoms with van der Waals surface area (Å²) in [5.41, 5.74) is 0. The van der Waals surface area contributed by atoms with E-state index in [1.807, 2.05) is 0 Å². The van der Waals surface area contributed by atoms with Crippen molar-refractivity contribution < 1.29 is 9.13 Å². The normalized spacial score (nSPS) is 50.6. The van der Waals surface area contributed by atoms with Gasteiger partial charge in [-0.25, -0.2) is 4.39 Å². The van der Waals surface area contributed by atoms with Gasteiger partial charge in [0, 0.05) is 42.7 Å². The first kappa shape index (κ1) is 19.7. The summed E-state index contributed by atoms with van der Waals surface area (Å²) >= 11 is 0. The molecular weight excluding hydrogens is 355 g/mol. The van der Waals surface area contributed by atoms with Gasteiger partial charge in [0.05, 0.1) is 12.3 Å². The van der Waals surface area contributed by atoms with Crippen LogP contribution in [0.1, 0.15) is 64.7 Å². The van der Waals surface area contributed by atoms with E-state index in [1.165, 1.54) is 32.1 Å². The number of hydrogen-bond donors (Lipinski definition) is 3. The Hall–Kier alpha value is -0.270. The van der Waals surface area contributed by atoms with Crippen molar-refractivity contribution in [2.75, 3.05) is 19.7 Å². The van der Waals surface area contributed by atoms with Crippen molar-refractivity contribution in [3.8, 4) is 0 Å². The maximum atomic E-state index is 14.4. The Balaban J connectivity index is 1.41. The van der Waals surface area contributed by atoms with E-state index in [4.69, 9.17) is 4.74 Å². The zero-order valence-electron chi connectivity index (χ0n) is 17.4. The highest BCUT2D eigenvalue weighted by Gasteiger charge is 2.46. The summed E-state index contributed by atoms with van der Waals surface area (Å²) in [6.07, 6.45) is 9.44. The Bertz CT molecular complexity index is 537. The summed E-state index contributed by atoms with van der Waals surface area (Å²) < 4.78 is 20.8. The summed E-state index contributed by atoms with van der Waals surface area (Å²) in [6, 6.07) is 2.55. The average molecular weight is 395 g/mol. The Morgan fingerprint density at radius 3 is 2.82 bits per heavy atom. The van der Waals surface area contributed by atoms with Crippen molar-refractivity contribution in [3.05, 3.63) is 0 Å². The van der Waals surface area contributed by atoms with Crippen LogP contribution in [0.3, 0.4) is 0 Å². The monoisotopic (exact) mass is 394 g/mol. The zero-order valence-corrected chi connectivity index (χ0v) is 17.4. The molecule has 5 fully saturated rings. The lowest BCUT2D eigenvalue weighted by Gasteiger charge is -2.50. The van der Waals surface area contributed by atoms with Crippen molar-refractivity contribution in [2.24, 2.45) is 5.92 Å². The number of rotatable bonds is 0. The molecule has 0 aromatic carbocycles. The van der Waals surface area contributed by atoms with E-state index in [0.29, 0.717) is 55.1 Å². The number of halogens is 1. The molecule has 0 radical (unpaired) electrons. The standard InChI is InChI=1S/C22H39FN4O/c1-14-9-12-28-20-6-4-15(23)13-16(20)19-3-2-11-27(19)21-7-5-17-22(26-21)18(25-14)8-10-24-17/h14-22,24-26H,2-13H2,1H3/t14-,15?,16?,17?,18?,19+,20?,21?,22?/m1/s1. The molecule has 5 rings (SSSR count). The molecule has 4 heterocycles. The number of piperidine rings is 2. The minimum Gasteiger partial charge on any atom is -0.378 e. The second-order valence-corrected chi connectivity index (χ2v) is 10.0. The van der Waals surface area contributed by atoms with E-state index >= 15 is 0 Å². The fourth-order valence-electron chi connectivity index (χ4n) is 6.86. The van der Waals surface area contributed by atoms with Crippen LogP contribution in [0, 0.1) is 5.92 Å². The maximum Gasteiger partial charge on any atom is 0.101 e. The Kier molecular flexibility index (Phi) is 5.95. The largest absolute Gasteiger partial charge is 0.378 e. The van der Waals surface area contributed by atoms with E-state index < -0.39 is 6.17 Å². The predicted molar refractivity (Wildman–Crippen MR) is 109 cm³/mol. The van der Waals surface area contributed by atoms with Crippen LogP contribution in [0.2, 0.25) is 0 Å². The molecule has 160 valence electrons. The third-order valence-corrected chi connectivity index (χ3v) is 8.25. The van der Waals surface area contributed by atoms with Crippen molar-refractivity contribution in [3.63, 3.8) is 0 Å². The van der Waals surface area contributed by atoms with Gasteiger partial charge in [-0.05, 0) is 77.8 Å². The Morgan fingerprint density at radius 1 is 0.964 bits per heavy atom. The smallest absolute Gasteiger partial charge is 0.101 e. The van der Waals surface area contributed by atoms with E-state index in [2.05, 4.69) is 27.8 Å². The van der Waals surface area contributed by atoms with Crippen LogP contribution >= 0.6 is 0 Å². The van der Waals surface area contributed by atoms with Crippen LogP contribution in [-0.2, 0) is 4.74 Å². The highest BCUT2D eigenvalue weighted by Crippen LogP contribution is 2.39. The molecule has 28 heavy (non-hydrogen) atoms. The topological polar surface area (TPSA) is 48.6 Å². The first-order chi connectivity index (χ1) is 13.7. The van der Waals surface area contributed by atoms with Gasteiger partial charge in [0.2, 0.25) is 0 Å². The molecule has 5 aliphatic rings. The van der Waals surface area contributed by atoms with E-state index in [1.54, 1.807) is 0 Å². The summed E-state index contributed by atoms with van der Waals surface area (Å²) in [5, 5.41) is 11.7. The fraction of sp³-hybridized carbons (Fsp3) is 1.00. The van der Waals surface area contributed by atoms with Gasteiger partial charge in [-0.1, -0.05) is 0 Å². The molecule has 0 aromatic rings. The summed E-state index contributed by atoms with van der Waals surface area (Å²) in [5.74, 6) is 0.357. The Labute approximate surface area is 169 Å². The third kappa shape index (κ3) is 3.87. The van der Waals surface area contributed by atoms with Crippen molar-refractivity contribution in [1.29, 1.82) is 0 Å². The molecule has 9 atom stereocenters. The quantitative estimate of drug-likeness (QED) is 0.588. The molecule has 0 aromatic heterocycles. The SMILES string of the molecule is C[C@@H]1CCOC2CCC(F)CC2[C@@H]2CCCN2C2CCC3NCCC(N1)C3N2. The number of nitrogens with one attached hydrogen (secondary N) is 3. The number of alkyl halides is 1. The van der Waals surface area contributed by atoms with Crippen LogP contribution in [0.25, 0.3) is 0 Å². The van der Waals surface area contributed by atoms with E-state index in [9.17, 15) is 4.39 Å². The van der Waals surface area contributed by atoms with Gasteiger partial charge in [0.15, 0.2) is 0 Å². The summed E-state index contributed by atoms with van der Waals surface area (Å²) in [7, 11) is 0. The molecule has 7 unspecified atom stereocenters.